The molecule has 2 nitrogen and oxygen atoms in total. The van der Waals surface area contributed by atoms with Crippen molar-refractivity contribution >= 4 is 0 Å². The highest BCUT2D eigenvalue weighted by Gasteiger charge is 2.13. The Kier molecular flexibility index (Phi) is 6.51. The van der Waals surface area contributed by atoms with Crippen LogP contribution >= 0.6 is 0 Å². The van der Waals surface area contributed by atoms with Crippen LogP contribution in [0, 0.1) is 0 Å². The molecule has 1 rings (SSSR count). The number of hydrogen-bond acceptors (Lipinski definition) is 2. The summed E-state index contributed by atoms with van der Waals surface area (Å²) in [6.07, 6.45) is 1.16. The first-order chi connectivity index (χ1) is 8.65. The summed E-state index contributed by atoms with van der Waals surface area (Å²) in [5.74, 6) is 0.562. The standard InChI is InChI=1S/C16H26N2/c1-5-17-12-11-16(13-18(4)14(2)3)15-9-7-6-8-10-15/h6-10,16-17H,2,5,11-13H2,1,3-4H3. The van der Waals surface area contributed by atoms with Crippen LogP contribution in [0.1, 0.15) is 31.7 Å². The summed E-state index contributed by atoms with van der Waals surface area (Å²) in [4.78, 5) is 2.24. The van der Waals surface area contributed by atoms with Gasteiger partial charge in [0.25, 0.3) is 0 Å². The zero-order valence-electron chi connectivity index (χ0n) is 11.9. The first-order valence-corrected chi connectivity index (χ1v) is 6.77. The Hall–Kier alpha value is -1.28. The molecule has 0 aromatic heterocycles. The van der Waals surface area contributed by atoms with Gasteiger partial charge in [-0.1, -0.05) is 43.8 Å². The van der Waals surface area contributed by atoms with E-state index in [1.165, 1.54) is 5.56 Å². The van der Waals surface area contributed by atoms with E-state index in [4.69, 9.17) is 0 Å². The highest BCUT2D eigenvalue weighted by atomic mass is 15.1. The Labute approximate surface area is 112 Å². The molecule has 0 aliphatic rings. The van der Waals surface area contributed by atoms with Crippen LogP contribution in [-0.4, -0.2) is 31.6 Å². The Morgan fingerprint density at radius 3 is 2.56 bits per heavy atom. The molecule has 1 aromatic rings. The van der Waals surface area contributed by atoms with E-state index in [2.05, 4.69) is 68.0 Å². The molecule has 0 fully saturated rings. The highest BCUT2D eigenvalue weighted by molar-refractivity contribution is 5.20. The van der Waals surface area contributed by atoms with Gasteiger partial charge < -0.3 is 10.2 Å². The number of benzene rings is 1. The average Bonchev–Trinajstić information content (AvgIpc) is 2.38. The predicted octanol–water partition coefficient (Wildman–Crippen LogP) is 3.24. The van der Waals surface area contributed by atoms with E-state index in [0.29, 0.717) is 5.92 Å². The molecular weight excluding hydrogens is 220 g/mol. The van der Waals surface area contributed by atoms with Gasteiger partial charge in [0.15, 0.2) is 0 Å². The van der Waals surface area contributed by atoms with Gasteiger partial charge in [0, 0.05) is 25.2 Å². The molecule has 1 N–H and O–H groups in total. The van der Waals surface area contributed by atoms with Gasteiger partial charge in [-0.25, -0.2) is 0 Å². The van der Waals surface area contributed by atoms with E-state index in [0.717, 1.165) is 31.8 Å². The van der Waals surface area contributed by atoms with Crippen molar-refractivity contribution in [2.24, 2.45) is 0 Å². The van der Waals surface area contributed by atoms with Crippen molar-refractivity contribution in [1.29, 1.82) is 0 Å². The molecule has 100 valence electrons. The Balaban J connectivity index is 2.66. The van der Waals surface area contributed by atoms with Crippen LogP contribution in [0.2, 0.25) is 0 Å². The third-order valence-corrected chi connectivity index (χ3v) is 3.34. The lowest BCUT2D eigenvalue weighted by atomic mass is 9.95. The molecular formula is C16H26N2. The first-order valence-electron chi connectivity index (χ1n) is 6.77. The molecule has 0 radical (unpaired) electrons. The number of likely N-dealkylation sites (N-methyl/N-ethyl adjacent to an activating group) is 1. The number of nitrogens with one attached hydrogen (secondary N) is 1. The molecule has 2 heteroatoms. The number of hydrogen-bond donors (Lipinski definition) is 1. The lowest BCUT2D eigenvalue weighted by molar-refractivity contribution is 0.370. The second kappa shape index (κ2) is 7.93. The molecule has 18 heavy (non-hydrogen) atoms. The summed E-state index contributed by atoms with van der Waals surface area (Å²) in [5, 5.41) is 3.41. The fraction of sp³-hybridized carbons (Fsp3) is 0.500. The van der Waals surface area contributed by atoms with E-state index in [-0.39, 0.29) is 0 Å². The van der Waals surface area contributed by atoms with Crippen LogP contribution in [0.15, 0.2) is 42.6 Å². The van der Waals surface area contributed by atoms with Gasteiger partial charge in [0.2, 0.25) is 0 Å². The molecule has 0 spiro atoms. The minimum atomic E-state index is 0.562. The Morgan fingerprint density at radius 2 is 2.00 bits per heavy atom. The molecule has 0 amide bonds. The third-order valence-electron chi connectivity index (χ3n) is 3.34. The van der Waals surface area contributed by atoms with E-state index in [1.54, 1.807) is 0 Å². The van der Waals surface area contributed by atoms with Gasteiger partial charge in [-0.05, 0) is 32.0 Å². The summed E-state index contributed by atoms with van der Waals surface area (Å²) < 4.78 is 0. The van der Waals surface area contributed by atoms with Gasteiger partial charge in [-0.15, -0.1) is 0 Å². The maximum Gasteiger partial charge on any atom is 0.0240 e. The fourth-order valence-electron chi connectivity index (χ4n) is 2.03. The van der Waals surface area contributed by atoms with E-state index in [9.17, 15) is 0 Å². The highest BCUT2D eigenvalue weighted by Crippen LogP contribution is 2.21. The van der Waals surface area contributed by atoms with Crippen LogP contribution in [0.3, 0.4) is 0 Å². The minimum Gasteiger partial charge on any atom is -0.378 e. The lowest BCUT2D eigenvalue weighted by Crippen LogP contribution is -2.25. The summed E-state index contributed by atoms with van der Waals surface area (Å²) in [5.41, 5.74) is 2.54. The van der Waals surface area contributed by atoms with Crippen molar-refractivity contribution in [3.8, 4) is 0 Å². The number of rotatable bonds is 8. The molecule has 0 heterocycles. The van der Waals surface area contributed by atoms with Crippen molar-refractivity contribution in [2.75, 3.05) is 26.7 Å². The maximum atomic E-state index is 4.01. The molecule has 0 saturated carbocycles. The van der Waals surface area contributed by atoms with Gasteiger partial charge in [0.05, 0.1) is 0 Å². The maximum absolute atomic E-state index is 4.01. The van der Waals surface area contributed by atoms with Crippen molar-refractivity contribution in [3.05, 3.63) is 48.2 Å². The SMILES string of the molecule is C=C(C)N(C)CC(CCNCC)c1ccccc1. The largest absolute Gasteiger partial charge is 0.378 e. The normalized spacial score (nSPS) is 12.2. The topological polar surface area (TPSA) is 15.3 Å². The Morgan fingerprint density at radius 1 is 1.33 bits per heavy atom. The van der Waals surface area contributed by atoms with Crippen LogP contribution in [0.4, 0.5) is 0 Å². The predicted molar refractivity (Wildman–Crippen MR) is 79.8 cm³/mol. The summed E-state index contributed by atoms with van der Waals surface area (Å²) in [7, 11) is 2.12. The summed E-state index contributed by atoms with van der Waals surface area (Å²) >= 11 is 0. The lowest BCUT2D eigenvalue weighted by Gasteiger charge is -2.26. The van der Waals surface area contributed by atoms with Gasteiger partial charge in [0.1, 0.15) is 0 Å². The fourth-order valence-corrected chi connectivity index (χ4v) is 2.03. The van der Waals surface area contributed by atoms with Gasteiger partial charge >= 0.3 is 0 Å². The zero-order valence-corrected chi connectivity index (χ0v) is 11.9. The third kappa shape index (κ3) is 4.92. The molecule has 0 aliphatic heterocycles. The Bertz CT molecular complexity index is 345. The zero-order chi connectivity index (χ0) is 13.4. The van der Waals surface area contributed by atoms with Crippen LogP contribution < -0.4 is 5.32 Å². The van der Waals surface area contributed by atoms with E-state index < -0.39 is 0 Å². The quantitative estimate of drug-likeness (QED) is 0.708. The van der Waals surface area contributed by atoms with Crippen molar-refractivity contribution in [3.63, 3.8) is 0 Å². The second-order valence-electron chi connectivity index (χ2n) is 4.87. The van der Waals surface area contributed by atoms with E-state index in [1.807, 2.05) is 0 Å². The van der Waals surface area contributed by atoms with Crippen LogP contribution in [0.5, 0.6) is 0 Å². The second-order valence-corrected chi connectivity index (χ2v) is 4.87. The molecule has 0 aliphatic carbocycles. The minimum absolute atomic E-state index is 0.562. The first kappa shape index (κ1) is 14.8. The molecule has 1 aromatic carbocycles. The average molecular weight is 246 g/mol. The van der Waals surface area contributed by atoms with Gasteiger partial charge in [-0.2, -0.15) is 0 Å². The molecule has 0 saturated heterocycles. The smallest absolute Gasteiger partial charge is 0.0240 e. The molecule has 1 atom stereocenters. The van der Waals surface area contributed by atoms with Crippen LogP contribution in [0.25, 0.3) is 0 Å². The number of nitrogens with zero attached hydrogens (tertiary/aromatic N) is 1. The van der Waals surface area contributed by atoms with Crippen molar-refractivity contribution < 1.29 is 0 Å². The summed E-state index contributed by atoms with van der Waals surface area (Å²) in [6, 6.07) is 10.8. The van der Waals surface area contributed by atoms with Crippen molar-refractivity contribution in [2.45, 2.75) is 26.2 Å². The molecule has 0 bridgehead atoms. The van der Waals surface area contributed by atoms with E-state index >= 15 is 0 Å². The number of allylic oxidation sites excluding steroid dienone is 1. The molecule has 1 unspecified atom stereocenters. The van der Waals surface area contributed by atoms with Gasteiger partial charge in [-0.3, -0.25) is 0 Å². The monoisotopic (exact) mass is 246 g/mol. The van der Waals surface area contributed by atoms with Crippen LogP contribution in [-0.2, 0) is 0 Å². The summed E-state index contributed by atoms with van der Waals surface area (Å²) in [6.45, 7) is 11.4. The van der Waals surface area contributed by atoms with Crippen molar-refractivity contribution in [1.82, 2.24) is 10.2 Å².